The van der Waals surface area contributed by atoms with Gasteiger partial charge in [0.15, 0.2) is 0 Å². The van der Waals surface area contributed by atoms with Gasteiger partial charge in [0.1, 0.15) is 5.82 Å². The number of rotatable bonds is 4. The summed E-state index contributed by atoms with van der Waals surface area (Å²) >= 11 is 0. The van der Waals surface area contributed by atoms with Gasteiger partial charge in [-0.15, -0.1) is 0 Å². The van der Waals surface area contributed by atoms with E-state index in [1.165, 1.54) is 31.2 Å². The first-order valence-corrected chi connectivity index (χ1v) is 5.45. The van der Waals surface area contributed by atoms with E-state index in [0.717, 1.165) is 6.08 Å². The number of carbonyl (C=O) groups is 2. The summed E-state index contributed by atoms with van der Waals surface area (Å²) in [6, 6.07) is 5.43. The predicted octanol–water partition coefficient (Wildman–Crippen LogP) is 1.87. The van der Waals surface area contributed by atoms with E-state index in [1.807, 2.05) is 0 Å². The number of nitrogens with one attached hydrogen (secondary N) is 1. The minimum Gasteiger partial charge on any atom is -0.463 e. The number of hydrogen-bond donors (Lipinski definition) is 1. The Morgan fingerprint density at radius 3 is 2.44 bits per heavy atom. The molecule has 0 saturated carbocycles. The monoisotopic (exact) mass is 251 g/mol. The van der Waals surface area contributed by atoms with E-state index in [0.29, 0.717) is 5.56 Å². The van der Waals surface area contributed by atoms with Gasteiger partial charge in [-0.2, -0.15) is 0 Å². The number of hydrogen-bond acceptors (Lipinski definition) is 3. The summed E-state index contributed by atoms with van der Waals surface area (Å²) in [4.78, 5) is 22.4. The SMILES string of the molecule is CCOC(=O)/C=C(\NC(C)=O)c1ccc(F)cc1. The molecule has 0 unspecified atom stereocenters. The molecule has 0 spiro atoms. The fourth-order valence-electron chi connectivity index (χ4n) is 1.31. The van der Waals surface area contributed by atoms with Crippen molar-refractivity contribution in [3.63, 3.8) is 0 Å². The Bertz CT molecular complexity index is 466. The summed E-state index contributed by atoms with van der Waals surface area (Å²) in [5.41, 5.74) is 0.806. The zero-order valence-corrected chi connectivity index (χ0v) is 10.2. The molecule has 0 bridgehead atoms. The fraction of sp³-hybridized carbons (Fsp3) is 0.231. The summed E-state index contributed by atoms with van der Waals surface area (Å²) < 4.78 is 17.6. The Balaban J connectivity index is 3.01. The molecule has 0 fully saturated rings. The molecule has 5 heteroatoms. The van der Waals surface area contributed by atoms with E-state index < -0.39 is 11.8 Å². The molecule has 96 valence electrons. The molecule has 0 radical (unpaired) electrons. The Labute approximate surface area is 104 Å². The van der Waals surface area contributed by atoms with Crippen molar-refractivity contribution in [2.45, 2.75) is 13.8 Å². The zero-order valence-electron chi connectivity index (χ0n) is 10.2. The van der Waals surface area contributed by atoms with Crippen molar-refractivity contribution in [2.75, 3.05) is 6.61 Å². The molecular formula is C13H14FNO3. The molecule has 0 atom stereocenters. The lowest BCUT2D eigenvalue weighted by atomic mass is 10.1. The highest BCUT2D eigenvalue weighted by Crippen LogP contribution is 2.12. The molecule has 4 nitrogen and oxygen atoms in total. The minimum absolute atomic E-state index is 0.242. The minimum atomic E-state index is -0.564. The van der Waals surface area contributed by atoms with Gasteiger partial charge in [-0.3, -0.25) is 4.79 Å². The third-order valence-corrected chi connectivity index (χ3v) is 2.01. The second kappa shape index (κ2) is 6.54. The lowest BCUT2D eigenvalue weighted by molar-refractivity contribution is -0.137. The summed E-state index contributed by atoms with van der Waals surface area (Å²) in [6.07, 6.45) is 1.16. The van der Waals surface area contributed by atoms with Gasteiger partial charge in [-0.1, -0.05) is 0 Å². The molecule has 0 aliphatic rings. The molecule has 0 aliphatic carbocycles. The lowest BCUT2D eigenvalue weighted by Crippen LogP contribution is -2.19. The Hall–Kier alpha value is -2.17. The molecule has 1 N–H and O–H groups in total. The van der Waals surface area contributed by atoms with Crippen LogP contribution in [-0.4, -0.2) is 18.5 Å². The molecule has 1 aromatic rings. The first kappa shape index (κ1) is 13.9. The molecular weight excluding hydrogens is 237 g/mol. The standard InChI is InChI=1S/C13H14FNO3/c1-3-18-13(17)8-12(15-9(2)16)10-4-6-11(14)7-5-10/h4-8H,3H2,1-2H3,(H,15,16)/b12-8-. The van der Waals surface area contributed by atoms with Crippen molar-refractivity contribution in [1.82, 2.24) is 5.32 Å². The number of ether oxygens (including phenoxy) is 1. The predicted molar refractivity (Wildman–Crippen MR) is 64.8 cm³/mol. The van der Waals surface area contributed by atoms with Crippen molar-refractivity contribution in [2.24, 2.45) is 0 Å². The van der Waals surface area contributed by atoms with Crippen LogP contribution in [0.3, 0.4) is 0 Å². The summed E-state index contributed by atoms with van der Waals surface area (Å²) in [6.45, 7) is 3.25. The van der Waals surface area contributed by atoms with Crippen molar-refractivity contribution < 1.29 is 18.7 Å². The highest BCUT2D eigenvalue weighted by atomic mass is 19.1. The number of carbonyl (C=O) groups excluding carboxylic acids is 2. The molecule has 1 amide bonds. The first-order chi connectivity index (χ1) is 8.52. The van der Waals surface area contributed by atoms with Crippen molar-refractivity contribution in [1.29, 1.82) is 0 Å². The van der Waals surface area contributed by atoms with Crippen molar-refractivity contribution >= 4 is 17.6 Å². The maximum atomic E-state index is 12.8. The molecule has 0 heterocycles. The van der Waals surface area contributed by atoms with E-state index in [-0.39, 0.29) is 18.2 Å². The van der Waals surface area contributed by atoms with Crippen LogP contribution in [0.15, 0.2) is 30.3 Å². The first-order valence-electron chi connectivity index (χ1n) is 5.45. The van der Waals surface area contributed by atoms with Crippen LogP contribution in [-0.2, 0) is 14.3 Å². The normalized spacial score (nSPS) is 10.9. The fourth-order valence-corrected chi connectivity index (χ4v) is 1.31. The van der Waals surface area contributed by atoms with E-state index >= 15 is 0 Å². The summed E-state index contributed by atoms with van der Waals surface area (Å²) in [5, 5.41) is 2.50. The van der Waals surface area contributed by atoms with Crippen LogP contribution in [0.4, 0.5) is 4.39 Å². The summed E-state index contributed by atoms with van der Waals surface area (Å²) in [5.74, 6) is -1.28. The number of halogens is 1. The van der Waals surface area contributed by atoms with Gasteiger partial charge < -0.3 is 10.1 Å². The Morgan fingerprint density at radius 2 is 1.94 bits per heavy atom. The van der Waals surface area contributed by atoms with Crippen LogP contribution >= 0.6 is 0 Å². The third kappa shape index (κ3) is 4.37. The van der Waals surface area contributed by atoms with Gasteiger partial charge in [0.05, 0.1) is 12.3 Å². The average Bonchev–Trinajstić information content (AvgIpc) is 2.28. The highest BCUT2D eigenvalue weighted by Gasteiger charge is 2.07. The summed E-state index contributed by atoms with van der Waals surface area (Å²) in [7, 11) is 0. The van der Waals surface area contributed by atoms with E-state index in [9.17, 15) is 14.0 Å². The van der Waals surface area contributed by atoms with Crippen LogP contribution in [0.1, 0.15) is 19.4 Å². The molecule has 0 saturated heterocycles. The molecule has 18 heavy (non-hydrogen) atoms. The lowest BCUT2D eigenvalue weighted by Gasteiger charge is -2.08. The van der Waals surface area contributed by atoms with Gasteiger partial charge in [0.25, 0.3) is 0 Å². The molecule has 0 aliphatic heterocycles. The Kier molecular flexibility index (Phi) is 5.05. The topological polar surface area (TPSA) is 55.4 Å². The molecule has 1 aromatic carbocycles. The van der Waals surface area contributed by atoms with Crippen molar-refractivity contribution in [3.8, 4) is 0 Å². The molecule has 0 aromatic heterocycles. The van der Waals surface area contributed by atoms with Gasteiger partial charge in [0, 0.05) is 13.0 Å². The zero-order chi connectivity index (χ0) is 13.5. The van der Waals surface area contributed by atoms with E-state index in [4.69, 9.17) is 4.74 Å². The third-order valence-electron chi connectivity index (χ3n) is 2.01. The van der Waals surface area contributed by atoms with E-state index in [2.05, 4.69) is 5.32 Å². The van der Waals surface area contributed by atoms with Gasteiger partial charge in [0.2, 0.25) is 5.91 Å². The average molecular weight is 251 g/mol. The largest absolute Gasteiger partial charge is 0.463 e. The number of amides is 1. The van der Waals surface area contributed by atoms with Gasteiger partial charge in [-0.25, -0.2) is 9.18 Å². The van der Waals surface area contributed by atoms with Crippen LogP contribution in [0.5, 0.6) is 0 Å². The van der Waals surface area contributed by atoms with E-state index in [1.54, 1.807) is 6.92 Å². The quantitative estimate of drug-likeness (QED) is 0.656. The Morgan fingerprint density at radius 1 is 1.33 bits per heavy atom. The molecule has 1 rings (SSSR count). The van der Waals surface area contributed by atoms with Crippen LogP contribution < -0.4 is 5.32 Å². The van der Waals surface area contributed by atoms with Crippen LogP contribution in [0.2, 0.25) is 0 Å². The van der Waals surface area contributed by atoms with Crippen LogP contribution in [0.25, 0.3) is 5.70 Å². The van der Waals surface area contributed by atoms with Crippen molar-refractivity contribution in [3.05, 3.63) is 41.7 Å². The smallest absolute Gasteiger partial charge is 0.332 e. The van der Waals surface area contributed by atoms with Gasteiger partial charge in [-0.05, 0) is 36.8 Å². The highest BCUT2D eigenvalue weighted by molar-refractivity contribution is 5.95. The second-order valence-corrected chi connectivity index (χ2v) is 3.50. The number of esters is 1. The van der Waals surface area contributed by atoms with Gasteiger partial charge >= 0.3 is 5.97 Å². The maximum Gasteiger partial charge on any atom is 0.332 e. The second-order valence-electron chi connectivity index (χ2n) is 3.50. The number of benzene rings is 1. The van der Waals surface area contributed by atoms with Crippen LogP contribution in [0, 0.1) is 5.82 Å². The maximum absolute atomic E-state index is 12.8.